The van der Waals surface area contributed by atoms with E-state index in [1.807, 2.05) is 17.0 Å². The maximum absolute atomic E-state index is 12.5. The highest BCUT2D eigenvalue weighted by Gasteiger charge is 2.27. The second kappa shape index (κ2) is 6.89. The molecule has 0 radical (unpaired) electrons. The summed E-state index contributed by atoms with van der Waals surface area (Å²) in [5.74, 6) is -0.228. The fraction of sp³-hybridized carbons (Fsp3) is 0.438. The van der Waals surface area contributed by atoms with Crippen molar-refractivity contribution in [2.45, 2.75) is 32.2 Å². The molecule has 1 N–H and O–H groups in total. The van der Waals surface area contributed by atoms with E-state index in [0.29, 0.717) is 12.0 Å². The molecule has 1 aliphatic heterocycles. The Balaban J connectivity index is 2.09. The van der Waals surface area contributed by atoms with Crippen LogP contribution in [0.5, 0.6) is 0 Å². The number of benzene rings is 1. The summed E-state index contributed by atoms with van der Waals surface area (Å²) in [6.07, 6.45) is 2.49. The Hall–Kier alpha value is -2.35. The van der Waals surface area contributed by atoms with Crippen LogP contribution >= 0.6 is 0 Å². The highest BCUT2D eigenvalue weighted by molar-refractivity contribution is 5.87. The van der Waals surface area contributed by atoms with Crippen LogP contribution in [0.4, 0.5) is 0 Å². The van der Waals surface area contributed by atoms with Crippen molar-refractivity contribution in [3.63, 3.8) is 0 Å². The van der Waals surface area contributed by atoms with Gasteiger partial charge in [0.2, 0.25) is 11.8 Å². The lowest BCUT2D eigenvalue weighted by atomic mass is 10.0. The third kappa shape index (κ3) is 4.06. The minimum Gasteiger partial charge on any atom is -0.344 e. The predicted molar refractivity (Wildman–Crippen MR) is 78.3 cm³/mol. The number of hydrogen-bond acceptors (Lipinski definition) is 3. The molecule has 1 saturated heterocycles. The lowest BCUT2D eigenvalue weighted by molar-refractivity contribution is -0.135. The first-order valence-corrected chi connectivity index (χ1v) is 7.15. The van der Waals surface area contributed by atoms with Crippen LogP contribution in [0.2, 0.25) is 0 Å². The van der Waals surface area contributed by atoms with Crippen LogP contribution in [0, 0.1) is 11.3 Å². The van der Waals surface area contributed by atoms with Gasteiger partial charge in [0.15, 0.2) is 0 Å². The first-order chi connectivity index (χ1) is 10.1. The molecule has 0 aliphatic carbocycles. The highest BCUT2D eigenvalue weighted by Crippen LogP contribution is 2.13. The van der Waals surface area contributed by atoms with Gasteiger partial charge >= 0.3 is 0 Å². The lowest BCUT2D eigenvalue weighted by Gasteiger charge is -2.23. The molecule has 21 heavy (non-hydrogen) atoms. The molecule has 1 aromatic rings. The standard InChI is InChI=1S/C16H19N3O2/c1-12(20)18-15(16(21)19-8-2-3-9-19)10-13-4-6-14(11-17)7-5-13/h4-7,15H,2-3,8-10H2,1H3,(H,18,20). The van der Waals surface area contributed by atoms with Crippen molar-refractivity contribution in [1.82, 2.24) is 10.2 Å². The Labute approximate surface area is 124 Å². The number of nitriles is 1. The second-order valence-electron chi connectivity index (χ2n) is 5.30. The van der Waals surface area contributed by atoms with E-state index in [9.17, 15) is 9.59 Å². The van der Waals surface area contributed by atoms with E-state index < -0.39 is 6.04 Å². The van der Waals surface area contributed by atoms with Gasteiger partial charge in [-0.15, -0.1) is 0 Å². The largest absolute Gasteiger partial charge is 0.344 e. The third-order valence-corrected chi connectivity index (χ3v) is 3.62. The van der Waals surface area contributed by atoms with Crippen molar-refractivity contribution in [2.24, 2.45) is 0 Å². The van der Waals surface area contributed by atoms with Crippen LogP contribution in [-0.2, 0) is 16.0 Å². The molecule has 2 amide bonds. The molecule has 0 bridgehead atoms. The van der Waals surface area contributed by atoms with Gasteiger partial charge in [0.1, 0.15) is 6.04 Å². The van der Waals surface area contributed by atoms with Crippen LogP contribution in [0.15, 0.2) is 24.3 Å². The highest BCUT2D eigenvalue weighted by atomic mass is 16.2. The lowest BCUT2D eigenvalue weighted by Crippen LogP contribution is -2.48. The smallest absolute Gasteiger partial charge is 0.245 e. The number of carbonyl (C=O) groups excluding carboxylic acids is 2. The van der Waals surface area contributed by atoms with Gasteiger partial charge in [-0.1, -0.05) is 12.1 Å². The van der Waals surface area contributed by atoms with Crippen LogP contribution in [0.1, 0.15) is 30.9 Å². The van der Waals surface area contributed by atoms with Crippen molar-refractivity contribution in [3.05, 3.63) is 35.4 Å². The Morgan fingerprint density at radius 3 is 2.43 bits per heavy atom. The van der Waals surface area contributed by atoms with E-state index in [1.165, 1.54) is 6.92 Å². The molecule has 1 aromatic carbocycles. The molecule has 1 fully saturated rings. The van der Waals surface area contributed by atoms with E-state index in [-0.39, 0.29) is 11.8 Å². The second-order valence-corrected chi connectivity index (χ2v) is 5.30. The average Bonchev–Trinajstić information content (AvgIpc) is 3.00. The average molecular weight is 285 g/mol. The maximum atomic E-state index is 12.5. The topological polar surface area (TPSA) is 73.2 Å². The van der Waals surface area contributed by atoms with Crippen molar-refractivity contribution >= 4 is 11.8 Å². The summed E-state index contributed by atoms with van der Waals surface area (Å²) in [5.41, 5.74) is 1.51. The molecule has 5 nitrogen and oxygen atoms in total. The van der Waals surface area contributed by atoms with Gasteiger partial charge in [0.05, 0.1) is 11.6 Å². The molecule has 110 valence electrons. The third-order valence-electron chi connectivity index (χ3n) is 3.62. The SMILES string of the molecule is CC(=O)NC(Cc1ccc(C#N)cc1)C(=O)N1CCCC1. The molecule has 1 atom stereocenters. The molecule has 0 spiro atoms. The monoisotopic (exact) mass is 285 g/mol. The molecular formula is C16H19N3O2. The first kappa shape index (κ1) is 15.0. The number of amides is 2. The predicted octanol–water partition coefficient (Wildman–Crippen LogP) is 1.23. The number of hydrogen-bond donors (Lipinski definition) is 1. The van der Waals surface area contributed by atoms with Crippen molar-refractivity contribution in [2.75, 3.05) is 13.1 Å². The summed E-state index contributed by atoms with van der Waals surface area (Å²) in [6.45, 7) is 2.95. The van der Waals surface area contributed by atoms with Crippen LogP contribution in [-0.4, -0.2) is 35.8 Å². The van der Waals surface area contributed by atoms with Crippen molar-refractivity contribution in [1.29, 1.82) is 5.26 Å². The minimum absolute atomic E-state index is 0.0212. The zero-order valence-corrected chi connectivity index (χ0v) is 12.1. The number of nitrogens with zero attached hydrogens (tertiary/aromatic N) is 2. The molecule has 0 saturated carbocycles. The number of nitrogens with one attached hydrogen (secondary N) is 1. The van der Waals surface area contributed by atoms with E-state index in [4.69, 9.17) is 5.26 Å². The number of likely N-dealkylation sites (tertiary alicyclic amines) is 1. The summed E-state index contributed by atoms with van der Waals surface area (Å²) in [4.78, 5) is 25.6. The van der Waals surface area contributed by atoms with E-state index in [2.05, 4.69) is 11.4 Å². The number of carbonyl (C=O) groups is 2. The van der Waals surface area contributed by atoms with Gasteiger partial charge in [0.25, 0.3) is 0 Å². The Kier molecular flexibility index (Phi) is 4.94. The van der Waals surface area contributed by atoms with Crippen molar-refractivity contribution < 1.29 is 9.59 Å². The van der Waals surface area contributed by atoms with Gasteiger partial charge < -0.3 is 10.2 Å². The fourth-order valence-electron chi connectivity index (χ4n) is 2.55. The summed E-state index contributed by atoms with van der Waals surface area (Å²) < 4.78 is 0. The molecule has 1 unspecified atom stereocenters. The molecule has 1 aliphatic rings. The first-order valence-electron chi connectivity index (χ1n) is 7.15. The van der Waals surface area contributed by atoms with Crippen molar-refractivity contribution in [3.8, 4) is 6.07 Å². The van der Waals surface area contributed by atoms with Crippen LogP contribution in [0.25, 0.3) is 0 Å². The zero-order chi connectivity index (χ0) is 15.2. The molecule has 2 rings (SSSR count). The van der Waals surface area contributed by atoms with E-state index in [0.717, 1.165) is 31.5 Å². The minimum atomic E-state index is -0.534. The van der Waals surface area contributed by atoms with E-state index >= 15 is 0 Å². The summed E-state index contributed by atoms with van der Waals surface area (Å²) in [6, 6.07) is 8.62. The Morgan fingerprint density at radius 1 is 1.29 bits per heavy atom. The zero-order valence-electron chi connectivity index (χ0n) is 12.1. The van der Waals surface area contributed by atoms with Gasteiger partial charge in [-0.2, -0.15) is 5.26 Å². The molecule has 5 heteroatoms. The van der Waals surface area contributed by atoms with Gasteiger partial charge in [-0.25, -0.2) is 0 Å². The maximum Gasteiger partial charge on any atom is 0.245 e. The Morgan fingerprint density at radius 2 is 1.90 bits per heavy atom. The summed E-state index contributed by atoms with van der Waals surface area (Å²) >= 11 is 0. The normalized spacial score (nSPS) is 15.3. The molecular weight excluding hydrogens is 266 g/mol. The summed E-state index contributed by atoms with van der Waals surface area (Å²) in [7, 11) is 0. The molecule has 1 heterocycles. The van der Waals surface area contributed by atoms with Gasteiger partial charge in [0, 0.05) is 26.4 Å². The quantitative estimate of drug-likeness (QED) is 0.904. The van der Waals surface area contributed by atoms with Crippen LogP contribution < -0.4 is 5.32 Å². The van der Waals surface area contributed by atoms with Crippen LogP contribution in [0.3, 0.4) is 0 Å². The van der Waals surface area contributed by atoms with Gasteiger partial charge in [-0.05, 0) is 30.5 Å². The summed E-state index contributed by atoms with van der Waals surface area (Å²) in [5, 5.41) is 11.5. The molecule has 0 aromatic heterocycles. The fourth-order valence-corrected chi connectivity index (χ4v) is 2.55. The Bertz CT molecular complexity index is 554. The van der Waals surface area contributed by atoms with E-state index in [1.54, 1.807) is 12.1 Å². The van der Waals surface area contributed by atoms with Gasteiger partial charge in [-0.3, -0.25) is 9.59 Å². The number of rotatable bonds is 4.